The van der Waals surface area contributed by atoms with Crippen molar-refractivity contribution in [2.45, 2.75) is 18.6 Å². The molecule has 1 aliphatic rings. The van der Waals surface area contributed by atoms with E-state index in [1.54, 1.807) is 30.3 Å². The Balaban J connectivity index is 2.15. The molecule has 2 aromatic carbocycles. The van der Waals surface area contributed by atoms with Crippen LogP contribution in [0.25, 0.3) is 10.8 Å². The number of carbonyl (C=O) groups is 1. The quantitative estimate of drug-likeness (QED) is 0.943. The topological polar surface area (TPSA) is 41.6 Å². The highest BCUT2D eigenvalue weighted by Gasteiger charge is 2.47. The molecule has 1 heterocycles. The van der Waals surface area contributed by atoms with Gasteiger partial charge in [0.2, 0.25) is 5.91 Å². The van der Waals surface area contributed by atoms with E-state index in [1.165, 1.54) is 13.2 Å². The number of amides is 1. The third kappa shape index (κ3) is 2.96. The van der Waals surface area contributed by atoms with Gasteiger partial charge in [-0.1, -0.05) is 24.3 Å². The zero-order chi connectivity index (χ0) is 16.6. The molecular formula is C16H15F3N2O2. The molecule has 2 aromatic rings. The summed E-state index contributed by atoms with van der Waals surface area (Å²) >= 11 is 0. The van der Waals surface area contributed by atoms with Crippen molar-refractivity contribution in [1.29, 1.82) is 0 Å². The van der Waals surface area contributed by atoms with Crippen LogP contribution in [0, 0.1) is 0 Å². The van der Waals surface area contributed by atoms with Crippen molar-refractivity contribution < 1.29 is 22.7 Å². The SMILES string of the molecule is COc1ccc2cccc(C(N3CCC(=O)N3)C(F)(F)F)c2c1. The van der Waals surface area contributed by atoms with Crippen LogP contribution in [0.1, 0.15) is 18.0 Å². The maximum absolute atomic E-state index is 13.7. The summed E-state index contributed by atoms with van der Waals surface area (Å²) in [6.45, 7) is 0.0172. The van der Waals surface area contributed by atoms with Gasteiger partial charge in [0.25, 0.3) is 0 Å². The molecule has 1 aliphatic heterocycles. The Hall–Kier alpha value is -2.28. The molecule has 7 heteroatoms. The molecule has 0 saturated carbocycles. The number of rotatable bonds is 3. The number of hydrogen-bond acceptors (Lipinski definition) is 3. The van der Waals surface area contributed by atoms with Crippen LogP contribution in [0.2, 0.25) is 0 Å². The Labute approximate surface area is 130 Å². The highest BCUT2D eigenvalue weighted by Crippen LogP contribution is 2.41. The summed E-state index contributed by atoms with van der Waals surface area (Å²) in [7, 11) is 1.46. The van der Waals surface area contributed by atoms with Crippen LogP contribution in [-0.4, -0.2) is 30.7 Å². The first-order chi connectivity index (χ1) is 10.9. The van der Waals surface area contributed by atoms with Gasteiger partial charge in [0, 0.05) is 13.0 Å². The number of alkyl halides is 3. The molecule has 0 spiro atoms. The van der Waals surface area contributed by atoms with Gasteiger partial charge in [0.1, 0.15) is 5.75 Å². The number of nitrogens with zero attached hydrogens (tertiary/aromatic N) is 1. The van der Waals surface area contributed by atoms with E-state index >= 15 is 0 Å². The van der Waals surface area contributed by atoms with Gasteiger partial charge < -0.3 is 4.74 Å². The lowest BCUT2D eigenvalue weighted by Gasteiger charge is -2.30. The molecule has 1 fully saturated rings. The Morgan fingerprint density at radius 3 is 2.65 bits per heavy atom. The standard InChI is InChI=1S/C16H15F3N2O2/c1-23-11-6-5-10-3-2-4-12(13(10)9-11)15(16(17,18)19)21-8-7-14(22)20-21/h2-6,9,15H,7-8H2,1H3,(H,20,22). The Kier molecular flexibility index (Phi) is 3.89. The summed E-state index contributed by atoms with van der Waals surface area (Å²) in [5, 5.41) is 2.09. The predicted molar refractivity (Wildman–Crippen MR) is 78.8 cm³/mol. The normalized spacial score (nSPS) is 17.3. The average Bonchev–Trinajstić information content (AvgIpc) is 2.92. The van der Waals surface area contributed by atoms with Crippen molar-refractivity contribution in [3.63, 3.8) is 0 Å². The molecular weight excluding hydrogens is 309 g/mol. The Morgan fingerprint density at radius 2 is 2.04 bits per heavy atom. The largest absolute Gasteiger partial charge is 0.497 e. The molecule has 1 N–H and O–H groups in total. The van der Waals surface area contributed by atoms with Crippen molar-refractivity contribution in [2.24, 2.45) is 0 Å². The van der Waals surface area contributed by atoms with Gasteiger partial charge in [-0.2, -0.15) is 13.2 Å². The van der Waals surface area contributed by atoms with E-state index in [9.17, 15) is 18.0 Å². The van der Waals surface area contributed by atoms with E-state index in [0.29, 0.717) is 16.5 Å². The molecule has 23 heavy (non-hydrogen) atoms. The van der Waals surface area contributed by atoms with Gasteiger partial charge in [-0.3, -0.25) is 10.2 Å². The summed E-state index contributed by atoms with van der Waals surface area (Å²) in [5.41, 5.74) is 2.39. The number of carbonyl (C=O) groups excluding carboxylic acids is 1. The fraction of sp³-hybridized carbons (Fsp3) is 0.312. The lowest BCUT2D eigenvalue weighted by molar-refractivity contribution is -0.190. The van der Waals surface area contributed by atoms with E-state index in [1.807, 2.05) is 0 Å². The van der Waals surface area contributed by atoms with E-state index in [0.717, 1.165) is 5.01 Å². The van der Waals surface area contributed by atoms with Crippen LogP contribution in [0.3, 0.4) is 0 Å². The first-order valence-corrected chi connectivity index (χ1v) is 7.09. The average molecular weight is 324 g/mol. The fourth-order valence-corrected chi connectivity index (χ4v) is 2.85. The molecule has 0 bridgehead atoms. The van der Waals surface area contributed by atoms with Crippen molar-refractivity contribution in [3.05, 3.63) is 42.0 Å². The summed E-state index contributed by atoms with van der Waals surface area (Å²) in [6.07, 6.45) is -4.46. The van der Waals surface area contributed by atoms with Crippen molar-refractivity contribution in [3.8, 4) is 5.75 Å². The van der Waals surface area contributed by atoms with Crippen molar-refractivity contribution >= 4 is 16.7 Å². The van der Waals surface area contributed by atoms with Gasteiger partial charge in [-0.15, -0.1) is 0 Å². The zero-order valence-corrected chi connectivity index (χ0v) is 12.4. The third-order valence-corrected chi connectivity index (χ3v) is 3.89. The molecule has 1 atom stereocenters. The number of fused-ring (bicyclic) bond motifs is 1. The molecule has 1 unspecified atom stereocenters. The minimum absolute atomic E-state index is 0.0172. The zero-order valence-electron chi connectivity index (χ0n) is 12.4. The van der Waals surface area contributed by atoms with Gasteiger partial charge in [0.15, 0.2) is 6.04 Å². The van der Waals surface area contributed by atoms with Crippen LogP contribution in [-0.2, 0) is 4.79 Å². The second-order valence-electron chi connectivity index (χ2n) is 5.36. The first kappa shape index (κ1) is 15.6. The summed E-state index contributed by atoms with van der Waals surface area (Å²) < 4.78 is 46.1. The van der Waals surface area contributed by atoms with Gasteiger partial charge in [0.05, 0.1) is 7.11 Å². The summed E-state index contributed by atoms with van der Waals surface area (Å²) in [5.74, 6) is 0.0772. The highest BCUT2D eigenvalue weighted by molar-refractivity contribution is 5.87. The monoisotopic (exact) mass is 324 g/mol. The van der Waals surface area contributed by atoms with Crippen molar-refractivity contribution in [2.75, 3.05) is 13.7 Å². The van der Waals surface area contributed by atoms with Crippen LogP contribution < -0.4 is 10.2 Å². The molecule has 122 valence electrons. The second-order valence-corrected chi connectivity index (χ2v) is 5.36. The predicted octanol–water partition coefficient (Wildman–Crippen LogP) is 3.19. The number of benzene rings is 2. The number of halogens is 3. The van der Waals surface area contributed by atoms with E-state index in [2.05, 4.69) is 5.43 Å². The lowest BCUT2D eigenvalue weighted by Crippen LogP contribution is -2.43. The van der Waals surface area contributed by atoms with Crippen LogP contribution >= 0.6 is 0 Å². The molecule has 0 radical (unpaired) electrons. The number of methoxy groups -OCH3 is 1. The highest BCUT2D eigenvalue weighted by atomic mass is 19.4. The molecule has 1 saturated heterocycles. The van der Waals surface area contributed by atoms with E-state index < -0.39 is 18.1 Å². The second kappa shape index (κ2) is 5.73. The van der Waals surface area contributed by atoms with Crippen molar-refractivity contribution in [1.82, 2.24) is 10.4 Å². The lowest BCUT2D eigenvalue weighted by atomic mass is 9.97. The number of hydrogen-bond donors (Lipinski definition) is 1. The number of ether oxygens (including phenoxy) is 1. The maximum atomic E-state index is 13.7. The maximum Gasteiger partial charge on any atom is 0.409 e. The Bertz CT molecular complexity index is 746. The van der Waals surface area contributed by atoms with Gasteiger partial charge >= 0.3 is 6.18 Å². The van der Waals surface area contributed by atoms with E-state index in [-0.39, 0.29) is 18.5 Å². The smallest absolute Gasteiger partial charge is 0.409 e. The van der Waals surface area contributed by atoms with Crippen LogP contribution in [0.5, 0.6) is 5.75 Å². The molecule has 0 aromatic heterocycles. The summed E-state index contributed by atoms with van der Waals surface area (Å²) in [4.78, 5) is 11.3. The number of nitrogens with one attached hydrogen (secondary N) is 1. The van der Waals surface area contributed by atoms with Gasteiger partial charge in [-0.25, -0.2) is 5.01 Å². The van der Waals surface area contributed by atoms with Crippen LogP contribution in [0.4, 0.5) is 13.2 Å². The Morgan fingerprint density at radius 1 is 1.26 bits per heavy atom. The number of hydrazine groups is 1. The molecule has 0 aliphatic carbocycles. The molecule has 4 nitrogen and oxygen atoms in total. The van der Waals surface area contributed by atoms with Crippen LogP contribution in [0.15, 0.2) is 36.4 Å². The fourth-order valence-electron chi connectivity index (χ4n) is 2.85. The van der Waals surface area contributed by atoms with E-state index in [4.69, 9.17) is 4.74 Å². The minimum Gasteiger partial charge on any atom is -0.497 e. The van der Waals surface area contributed by atoms with Gasteiger partial charge in [-0.05, 0) is 28.5 Å². The first-order valence-electron chi connectivity index (χ1n) is 7.09. The molecule has 3 rings (SSSR count). The summed E-state index contributed by atoms with van der Waals surface area (Å²) in [6, 6.07) is 7.87. The minimum atomic E-state index is -4.52. The molecule has 1 amide bonds. The third-order valence-electron chi connectivity index (χ3n) is 3.89.